The summed E-state index contributed by atoms with van der Waals surface area (Å²) in [5, 5.41) is 4.69. The molecular formula is C30H46N6O3. The Balaban J connectivity index is 1.17. The molecule has 9 heteroatoms. The summed E-state index contributed by atoms with van der Waals surface area (Å²) in [6, 6.07) is 6.62. The second-order valence-corrected chi connectivity index (χ2v) is 11.8. The predicted molar refractivity (Wildman–Crippen MR) is 153 cm³/mol. The number of amides is 2. The molecule has 1 N–H and O–H groups in total. The Kier molecular flexibility index (Phi) is 8.64. The summed E-state index contributed by atoms with van der Waals surface area (Å²) in [5.41, 5.74) is 7.16. The highest BCUT2D eigenvalue weighted by atomic mass is 16.5. The van der Waals surface area contributed by atoms with E-state index in [2.05, 4.69) is 52.4 Å². The van der Waals surface area contributed by atoms with Gasteiger partial charge in [0.05, 0.1) is 12.0 Å². The zero-order valence-electron chi connectivity index (χ0n) is 24.2. The molecule has 1 saturated carbocycles. The number of hydrogen-bond acceptors (Lipinski definition) is 7. The van der Waals surface area contributed by atoms with Crippen LogP contribution in [0.1, 0.15) is 69.9 Å². The van der Waals surface area contributed by atoms with Crippen molar-refractivity contribution in [3.63, 3.8) is 0 Å². The summed E-state index contributed by atoms with van der Waals surface area (Å²) in [5.74, 6) is 1.38. The lowest BCUT2D eigenvalue weighted by atomic mass is 9.80. The van der Waals surface area contributed by atoms with Gasteiger partial charge in [-0.15, -0.1) is 0 Å². The van der Waals surface area contributed by atoms with Crippen LogP contribution in [0.15, 0.2) is 23.3 Å². The molecule has 3 fully saturated rings. The maximum Gasteiger partial charge on any atom is 0.230 e. The van der Waals surface area contributed by atoms with Crippen molar-refractivity contribution in [1.29, 1.82) is 0 Å². The third-order valence-electron chi connectivity index (χ3n) is 8.96. The molecule has 9 nitrogen and oxygen atoms in total. The first-order chi connectivity index (χ1) is 18.8. The van der Waals surface area contributed by atoms with Gasteiger partial charge >= 0.3 is 0 Å². The normalized spacial score (nSPS) is 25.0. The van der Waals surface area contributed by atoms with Crippen molar-refractivity contribution in [1.82, 2.24) is 20.1 Å². The number of piperazine rings is 1. The van der Waals surface area contributed by atoms with Crippen LogP contribution in [0.3, 0.4) is 0 Å². The van der Waals surface area contributed by atoms with E-state index in [0.717, 1.165) is 64.1 Å². The van der Waals surface area contributed by atoms with Gasteiger partial charge in [-0.05, 0) is 64.2 Å². The molecule has 1 aromatic carbocycles. The lowest BCUT2D eigenvalue weighted by molar-refractivity contribution is -0.156. The minimum atomic E-state index is -0.248. The summed E-state index contributed by atoms with van der Waals surface area (Å²) in [6.45, 7) is 12.9. The lowest BCUT2D eigenvalue weighted by Gasteiger charge is -2.50. The van der Waals surface area contributed by atoms with Crippen molar-refractivity contribution in [3.05, 3.63) is 29.3 Å². The first-order valence-corrected chi connectivity index (χ1v) is 15.0. The van der Waals surface area contributed by atoms with Gasteiger partial charge in [-0.2, -0.15) is 5.10 Å². The largest absolute Gasteiger partial charge is 0.379 e. The fraction of sp³-hybridized carbons (Fsp3) is 0.700. The maximum absolute atomic E-state index is 13.5. The lowest BCUT2D eigenvalue weighted by Crippen LogP contribution is -2.67. The Bertz CT molecular complexity index is 1070. The molecule has 3 unspecified atom stereocenters. The molecule has 39 heavy (non-hydrogen) atoms. The van der Waals surface area contributed by atoms with Gasteiger partial charge in [0, 0.05) is 63.9 Å². The minimum Gasteiger partial charge on any atom is -0.379 e. The van der Waals surface area contributed by atoms with Crippen molar-refractivity contribution in [2.75, 3.05) is 44.2 Å². The number of nitrogens with one attached hydrogen (secondary N) is 1. The zero-order chi connectivity index (χ0) is 27.5. The standard InChI is InChI=1S/C30H46N6O3/c1-21(2)39-20-8-15-35-29(38)24-10-5-6-11-26(24)36-27(31-32-30(35)36)13-14-28(37)34-18-16-33(17-19-34)25-12-7-9-22(3)23(25)4/h7,9,12,21,24,26,30,32H,5-6,8,10-11,13-20H2,1-4H3. The molecule has 4 aliphatic rings. The number of carbonyl (C=O) groups excluding carboxylic acids is 2. The number of benzene rings is 1. The fourth-order valence-electron chi connectivity index (χ4n) is 6.67. The van der Waals surface area contributed by atoms with Crippen LogP contribution < -0.4 is 10.3 Å². The van der Waals surface area contributed by atoms with E-state index in [0.29, 0.717) is 26.0 Å². The van der Waals surface area contributed by atoms with Gasteiger partial charge in [-0.25, -0.2) is 0 Å². The number of rotatable bonds is 9. The summed E-state index contributed by atoms with van der Waals surface area (Å²) < 4.78 is 5.73. The number of amidine groups is 1. The van der Waals surface area contributed by atoms with Crippen molar-refractivity contribution in [2.45, 2.75) is 91.1 Å². The molecule has 0 bridgehead atoms. The molecule has 0 radical (unpaired) electrons. The van der Waals surface area contributed by atoms with E-state index in [-0.39, 0.29) is 36.2 Å². The van der Waals surface area contributed by atoms with E-state index in [9.17, 15) is 9.59 Å². The average Bonchev–Trinajstić information content (AvgIpc) is 3.36. The van der Waals surface area contributed by atoms with Crippen molar-refractivity contribution in [2.24, 2.45) is 11.0 Å². The third-order valence-corrected chi connectivity index (χ3v) is 8.96. The van der Waals surface area contributed by atoms with Gasteiger partial charge in [-0.3, -0.25) is 15.0 Å². The number of hydrazone groups is 1. The predicted octanol–water partition coefficient (Wildman–Crippen LogP) is 3.45. The summed E-state index contributed by atoms with van der Waals surface area (Å²) in [7, 11) is 0. The molecular weight excluding hydrogens is 492 g/mol. The summed E-state index contributed by atoms with van der Waals surface area (Å²) in [4.78, 5) is 35.4. The molecule has 3 heterocycles. The topological polar surface area (TPSA) is 80.7 Å². The number of nitrogens with zero attached hydrogens (tertiary/aromatic N) is 5. The second kappa shape index (κ2) is 12.1. The highest BCUT2D eigenvalue weighted by Crippen LogP contribution is 2.38. The summed E-state index contributed by atoms with van der Waals surface area (Å²) in [6.07, 6.45) is 5.96. The molecule has 0 aromatic heterocycles. The van der Waals surface area contributed by atoms with Crippen LogP contribution in [0, 0.1) is 19.8 Å². The van der Waals surface area contributed by atoms with Crippen LogP contribution >= 0.6 is 0 Å². The monoisotopic (exact) mass is 538 g/mol. The van der Waals surface area contributed by atoms with E-state index in [1.165, 1.54) is 16.8 Å². The van der Waals surface area contributed by atoms with E-state index in [4.69, 9.17) is 4.74 Å². The van der Waals surface area contributed by atoms with Crippen LogP contribution in [0.25, 0.3) is 0 Å². The van der Waals surface area contributed by atoms with Gasteiger partial charge in [0.1, 0.15) is 5.84 Å². The quantitative estimate of drug-likeness (QED) is 0.485. The van der Waals surface area contributed by atoms with Crippen LogP contribution in [-0.2, 0) is 14.3 Å². The van der Waals surface area contributed by atoms with Crippen molar-refractivity contribution >= 4 is 23.3 Å². The zero-order valence-corrected chi connectivity index (χ0v) is 24.2. The molecule has 3 aliphatic heterocycles. The summed E-state index contributed by atoms with van der Waals surface area (Å²) >= 11 is 0. The molecule has 1 aliphatic carbocycles. The van der Waals surface area contributed by atoms with Crippen LogP contribution in [0.4, 0.5) is 5.69 Å². The second-order valence-electron chi connectivity index (χ2n) is 11.8. The smallest absolute Gasteiger partial charge is 0.230 e. The number of aryl methyl sites for hydroxylation is 1. The molecule has 2 amide bonds. The molecule has 3 atom stereocenters. The Morgan fingerprint density at radius 2 is 1.90 bits per heavy atom. The van der Waals surface area contributed by atoms with Gasteiger partial charge in [0.15, 0.2) is 6.29 Å². The Morgan fingerprint density at radius 1 is 1.13 bits per heavy atom. The van der Waals surface area contributed by atoms with Gasteiger partial charge in [-0.1, -0.05) is 25.0 Å². The van der Waals surface area contributed by atoms with Crippen LogP contribution in [0.2, 0.25) is 0 Å². The Labute approximate surface area is 233 Å². The molecule has 0 spiro atoms. The number of hydrogen-bond donors (Lipinski definition) is 1. The first kappa shape index (κ1) is 27.7. The minimum absolute atomic E-state index is 0.0139. The Hall–Kier alpha value is -2.81. The van der Waals surface area contributed by atoms with E-state index in [1.54, 1.807) is 0 Å². The fourth-order valence-corrected chi connectivity index (χ4v) is 6.67. The maximum atomic E-state index is 13.5. The number of anilines is 1. The van der Waals surface area contributed by atoms with Gasteiger partial charge < -0.3 is 24.3 Å². The Morgan fingerprint density at radius 3 is 2.67 bits per heavy atom. The number of ether oxygens (including phenoxy) is 1. The van der Waals surface area contributed by atoms with Crippen molar-refractivity contribution < 1.29 is 14.3 Å². The average molecular weight is 539 g/mol. The highest BCUT2D eigenvalue weighted by molar-refractivity contribution is 5.91. The van der Waals surface area contributed by atoms with E-state index in [1.807, 2.05) is 23.6 Å². The molecule has 214 valence electrons. The first-order valence-electron chi connectivity index (χ1n) is 15.0. The SMILES string of the molecule is Cc1cccc(N2CCN(C(=O)CCC3=NNC4N(CCCOC(C)C)C(=O)C5CCCCC5N34)CC2)c1C. The van der Waals surface area contributed by atoms with Gasteiger partial charge in [0.2, 0.25) is 11.8 Å². The third kappa shape index (κ3) is 5.88. The van der Waals surface area contributed by atoms with Crippen LogP contribution in [0.5, 0.6) is 0 Å². The number of fused-ring (bicyclic) bond motifs is 3. The number of carbonyl (C=O) groups is 2. The van der Waals surface area contributed by atoms with Crippen LogP contribution in [-0.4, -0.2) is 90.1 Å². The highest BCUT2D eigenvalue weighted by Gasteiger charge is 2.50. The van der Waals surface area contributed by atoms with Gasteiger partial charge in [0.25, 0.3) is 0 Å². The molecule has 2 saturated heterocycles. The van der Waals surface area contributed by atoms with E-state index >= 15 is 0 Å². The molecule has 1 aromatic rings. The van der Waals surface area contributed by atoms with E-state index < -0.39 is 0 Å². The molecule has 5 rings (SSSR count). The van der Waals surface area contributed by atoms with Crippen molar-refractivity contribution in [3.8, 4) is 0 Å².